The van der Waals surface area contributed by atoms with Crippen LogP contribution in [0.3, 0.4) is 0 Å². The third-order valence-corrected chi connectivity index (χ3v) is 2.60. The van der Waals surface area contributed by atoms with Crippen LogP contribution in [0.25, 0.3) is 11.3 Å². The molecule has 0 unspecified atom stereocenters. The van der Waals surface area contributed by atoms with Crippen LogP contribution in [0, 0.1) is 6.92 Å². The molecule has 2 rings (SSSR count). The number of hydrogen-bond acceptors (Lipinski definition) is 2. The van der Waals surface area contributed by atoms with Gasteiger partial charge < -0.3 is 5.73 Å². The van der Waals surface area contributed by atoms with Crippen molar-refractivity contribution >= 4 is 0 Å². The Morgan fingerprint density at radius 3 is 2.50 bits per heavy atom. The van der Waals surface area contributed by atoms with Crippen LogP contribution in [0.15, 0.2) is 42.6 Å². The average molecular weight is 212 g/mol. The van der Waals surface area contributed by atoms with Crippen molar-refractivity contribution < 1.29 is 0 Å². The molecule has 16 heavy (non-hydrogen) atoms. The van der Waals surface area contributed by atoms with Crippen molar-refractivity contribution in [3.63, 3.8) is 0 Å². The molecule has 0 fully saturated rings. The van der Waals surface area contributed by atoms with E-state index in [4.69, 9.17) is 5.73 Å². The fraction of sp³-hybridized carbons (Fsp3) is 0.214. The Morgan fingerprint density at radius 2 is 1.88 bits per heavy atom. The summed E-state index contributed by atoms with van der Waals surface area (Å²) >= 11 is 0. The van der Waals surface area contributed by atoms with Gasteiger partial charge in [0.05, 0.1) is 5.69 Å². The summed E-state index contributed by atoms with van der Waals surface area (Å²) in [7, 11) is 0. The Morgan fingerprint density at radius 1 is 1.12 bits per heavy atom. The van der Waals surface area contributed by atoms with Gasteiger partial charge in [0.15, 0.2) is 0 Å². The maximum Gasteiger partial charge on any atom is 0.0704 e. The van der Waals surface area contributed by atoms with Gasteiger partial charge in [-0.05, 0) is 43.1 Å². The Bertz CT molecular complexity index is 460. The van der Waals surface area contributed by atoms with Crippen LogP contribution in [0.2, 0.25) is 0 Å². The topological polar surface area (TPSA) is 38.9 Å². The van der Waals surface area contributed by atoms with Crippen molar-refractivity contribution in [3.8, 4) is 11.3 Å². The highest BCUT2D eigenvalue weighted by atomic mass is 14.7. The molecule has 1 heterocycles. The minimum absolute atomic E-state index is 0.696. The number of aryl methyl sites for hydroxylation is 1. The van der Waals surface area contributed by atoms with Crippen molar-refractivity contribution in [2.24, 2.45) is 5.73 Å². The lowest BCUT2D eigenvalue weighted by Crippen LogP contribution is -2.02. The SMILES string of the molecule is Cc1ccnc(-c2ccc(CCN)cc2)c1. The number of nitrogens with two attached hydrogens (primary N) is 1. The molecule has 0 saturated heterocycles. The van der Waals surface area contributed by atoms with Gasteiger partial charge in [0.1, 0.15) is 0 Å². The number of aromatic nitrogens is 1. The molecule has 0 aliphatic heterocycles. The molecule has 0 bridgehead atoms. The number of benzene rings is 1. The van der Waals surface area contributed by atoms with Gasteiger partial charge in [0, 0.05) is 11.8 Å². The zero-order chi connectivity index (χ0) is 11.4. The van der Waals surface area contributed by atoms with Crippen molar-refractivity contribution in [3.05, 3.63) is 53.7 Å². The van der Waals surface area contributed by atoms with Crippen molar-refractivity contribution in [1.82, 2.24) is 4.98 Å². The van der Waals surface area contributed by atoms with Crippen LogP contribution in [0.4, 0.5) is 0 Å². The van der Waals surface area contributed by atoms with Gasteiger partial charge >= 0.3 is 0 Å². The number of nitrogens with zero attached hydrogens (tertiary/aromatic N) is 1. The predicted octanol–water partition coefficient (Wildman–Crippen LogP) is 2.56. The van der Waals surface area contributed by atoms with Crippen molar-refractivity contribution in [2.45, 2.75) is 13.3 Å². The smallest absolute Gasteiger partial charge is 0.0704 e. The van der Waals surface area contributed by atoms with Gasteiger partial charge in [-0.25, -0.2) is 0 Å². The first kappa shape index (κ1) is 10.8. The highest BCUT2D eigenvalue weighted by Gasteiger charge is 1.99. The summed E-state index contributed by atoms with van der Waals surface area (Å²) in [6.45, 7) is 2.77. The first-order chi connectivity index (χ1) is 7.79. The van der Waals surface area contributed by atoms with Crippen molar-refractivity contribution in [2.75, 3.05) is 6.54 Å². The lowest BCUT2D eigenvalue weighted by molar-refractivity contribution is 0.969. The maximum absolute atomic E-state index is 5.52. The molecule has 0 spiro atoms. The molecule has 0 amide bonds. The highest BCUT2D eigenvalue weighted by Crippen LogP contribution is 2.18. The van der Waals surface area contributed by atoms with Crippen LogP contribution in [-0.2, 0) is 6.42 Å². The molecule has 1 aromatic heterocycles. The van der Waals surface area contributed by atoms with E-state index in [0.717, 1.165) is 17.7 Å². The van der Waals surface area contributed by atoms with E-state index in [0.29, 0.717) is 6.54 Å². The normalized spacial score (nSPS) is 10.4. The molecule has 1 aromatic carbocycles. The molecular formula is C14H16N2. The molecule has 0 atom stereocenters. The summed E-state index contributed by atoms with van der Waals surface area (Å²) in [4.78, 5) is 4.36. The van der Waals surface area contributed by atoms with Crippen LogP contribution in [0.5, 0.6) is 0 Å². The summed E-state index contributed by atoms with van der Waals surface area (Å²) in [6, 6.07) is 12.5. The number of hydrogen-bond donors (Lipinski definition) is 1. The fourth-order valence-electron chi connectivity index (χ4n) is 1.70. The van der Waals surface area contributed by atoms with Gasteiger partial charge in [0.2, 0.25) is 0 Å². The van der Waals surface area contributed by atoms with E-state index in [1.165, 1.54) is 11.1 Å². The second-order valence-electron chi connectivity index (χ2n) is 3.95. The summed E-state index contributed by atoms with van der Waals surface area (Å²) in [5.74, 6) is 0. The largest absolute Gasteiger partial charge is 0.330 e. The molecule has 2 heteroatoms. The Balaban J connectivity index is 2.27. The number of rotatable bonds is 3. The zero-order valence-electron chi connectivity index (χ0n) is 9.48. The van der Waals surface area contributed by atoms with Gasteiger partial charge in [-0.3, -0.25) is 4.98 Å². The summed E-state index contributed by atoms with van der Waals surface area (Å²) in [5, 5.41) is 0. The molecule has 0 radical (unpaired) electrons. The van der Waals surface area contributed by atoms with E-state index in [-0.39, 0.29) is 0 Å². The third-order valence-electron chi connectivity index (χ3n) is 2.60. The second-order valence-corrected chi connectivity index (χ2v) is 3.95. The summed E-state index contributed by atoms with van der Waals surface area (Å²) < 4.78 is 0. The Hall–Kier alpha value is -1.67. The first-order valence-corrected chi connectivity index (χ1v) is 5.51. The van der Waals surface area contributed by atoms with E-state index in [2.05, 4.69) is 42.2 Å². The van der Waals surface area contributed by atoms with Gasteiger partial charge in [-0.2, -0.15) is 0 Å². The quantitative estimate of drug-likeness (QED) is 0.849. The zero-order valence-corrected chi connectivity index (χ0v) is 9.48. The summed E-state index contributed by atoms with van der Waals surface area (Å²) in [6.07, 6.45) is 2.78. The number of pyridine rings is 1. The van der Waals surface area contributed by atoms with Crippen LogP contribution < -0.4 is 5.73 Å². The maximum atomic E-state index is 5.52. The van der Waals surface area contributed by atoms with Gasteiger partial charge in [-0.1, -0.05) is 24.3 Å². The predicted molar refractivity (Wildman–Crippen MR) is 67.2 cm³/mol. The lowest BCUT2D eigenvalue weighted by atomic mass is 10.1. The molecule has 0 saturated carbocycles. The van der Waals surface area contributed by atoms with E-state index >= 15 is 0 Å². The summed E-state index contributed by atoms with van der Waals surface area (Å²) in [5.41, 5.74) is 10.2. The first-order valence-electron chi connectivity index (χ1n) is 5.51. The standard InChI is InChI=1S/C14H16N2/c1-11-7-9-16-14(10-11)13-4-2-12(3-5-13)6-8-15/h2-5,7,9-10H,6,8,15H2,1H3. The molecule has 2 nitrogen and oxygen atoms in total. The van der Waals surface area contributed by atoms with Gasteiger partial charge in [0.25, 0.3) is 0 Å². The average Bonchev–Trinajstić information content (AvgIpc) is 2.30. The van der Waals surface area contributed by atoms with E-state index < -0.39 is 0 Å². The van der Waals surface area contributed by atoms with Crippen molar-refractivity contribution in [1.29, 1.82) is 0 Å². The minimum atomic E-state index is 0.696. The van der Waals surface area contributed by atoms with Crippen LogP contribution >= 0.6 is 0 Å². The third kappa shape index (κ3) is 2.47. The van der Waals surface area contributed by atoms with Gasteiger partial charge in [-0.15, -0.1) is 0 Å². The van der Waals surface area contributed by atoms with E-state index in [9.17, 15) is 0 Å². The molecule has 2 N–H and O–H groups in total. The van der Waals surface area contributed by atoms with E-state index in [1.807, 2.05) is 12.3 Å². The van der Waals surface area contributed by atoms with Crippen LogP contribution in [-0.4, -0.2) is 11.5 Å². The molecular weight excluding hydrogens is 196 g/mol. The lowest BCUT2D eigenvalue weighted by Gasteiger charge is -2.03. The minimum Gasteiger partial charge on any atom is -0.330 e. The fourth-order valence-corrected chi connectivity index (χ4v) is 1.70. The van der Waals surface area contributed by atoms with Crippen LogP contribution in [0.1, 0.15) is 11.1 Å². The molecule has 82 valence electrons. The molecule has 0 aliphatic rings. The Labute approximate surface area is 96.1 Å². The Kier molecular flexibility index (Phi) is 3.32. The highest BCUT2D eigenvalue weighted by molar-refractivity contribution is 5.59. The molecule has 2 aromatic rings. The molecule has 0 aliphatic carbocycles. The monoisotopic (exact) mass is 212 g/mol. The second kappa shape index (κ2) is 4.90. The van der Waals surface area contributed by atoms with E-state index in [1.54, 1.807) is 0 Å².